The van der Waals surface area contributed by atoms with Gasteiger partial charge in [0.15, 0.2) is 11.7 Å². The average molecular weight is 543 g/mol. The largest absolute Gasteiger partial charge is 0.434 e. The Hall–Kier alpha value is -1.63. The number of para-hydroxylation sites is 1. The molecule has 1 fully saturated rings. The van der Waals surface area contributed by atoms with Crippen molar-refractivity contribution in [3.8, 4) is 0 Å². The first-order valence-corrected chi connectivity index (χ1v) is 9.80. The first-order chi connectivity index (χ1) is 13.4. The minimum Gasteiger partial charge on any atom is -0.366 e. The van der Waals surface area contributed by atoms with Crippen LogP contribution in [0.1, 0.15) is 17.6 Å². The van der Waals surface area contributed by atoms with E-state index >= 15 is 0 Å². The number of hydrogen-bond donors (Lipinski definition) is 1. The van der Waals surface area contributed by atoms with Crippen LogP contribution in [0.2, 0.25) is 0 Å². The number of thiazole rings is 1. The molecule has 1 saturated heterocycles. The lowest BCUT2D eigenvalue weighted by atomic mass is 10.2. The van der Waals surface area contributed by atoms with Crippen molar-refractivity contribution in [3.05, 3.63) is 46.2 Å². The number of alkyl halides is 3. The lowest BCUT2D eigenvalue weighted by molar-refractivity contribution is -0.140. The second-order valence-corrected chi connectivity index (χ2v) is 7.16. The van der Waals surface area contributed by atoms with Crippen LogP contribution in [0.3, 0.4) is 0 Å². The topological polar surface area (TPSA) is 43.8 Å². The van der Waals surface area contributed by atoms with Crippen LogP contribution < -0.4 is 10.2 Å². The smallest absolute Gasteiger partial charge is 0.366 e. The fraction of sp³-hybridized carbons (Fsp3) is 0.444. The van der Waals surface area contributed by atoms with Crippen molar-refractivity contribution in [2.24, 2.45) is 4.99 Å². The molecule has 0 spiro atoms. The van der Waals surface area contributed by atoms with Crippen LogP contribution in [0.5, 0.6) is 0 Å². The summed E-state index contributed by atoms with van der Waals surface area (Å²) in [5.41, 5.74) is -0.308. The van der Waals surface area contributed by atoms with Crippen molar-refractivity contribution in [2.75, 3.05) is 37.6 Å². The highest BCUT2D eigenvalue weighted by Crippen LogP contribution is 2.30. The molecule has 0 bridgehead atoms. The summed E-state index contributed by atoms with van der Waals surface area (Å²) < 4.78 is 52.0. The molecule has 3 rings (SSSR count). The summed E-state index contributed by atoms with van der Waals surface area (Å²) in [7, 11) is 0. The van der Waals surface area contributed by atoms with E-state index in [-0.39, 0.29) is 36.3 Å². The minimum atomic E-state index is -4.44. The zero-order valence-corrected chi connectivity index (χ0v) is 18.9. The molecule has 5 nitrogen and oxygen atoms in total. The summed E-state index contributed by atoms with van der Waals surface area (Å²) in [6.07, 6.45) is -4.44. The Bertz CT molecular complexity index is 819. The molecule has 1 aromatic carbocycles. The Morgan fingerprint density at radius 3 is 2.48 bits per heavy atom. The molecule has 2 aromatic rings. The number of piperazine rings is 1. The first-order valence-electron chi connectivity index (χ1n) is 8.93. The van der Waals surface area contributed by atoms with E-state index in [0.717, 1.165) is 16.7 Å². The molecule has 0 amide bonds. The van der Waals surface area contributed by atoms with Gasteiger partial charge in [0, 0.05) is 38.1 Å². The van der Waals surface area contributed by atoms with Crippen LogP contribution in [0.4, 0.5) is 23.2 Å². The van der Waals surface area contributed by atoms with Crippen LogP contribution in [0.15, 0.2) is 34.6 Å². The van der Waals surface area contributed by atoms with Crippen molar-refractivity contribution in [1.82, 2.24) is 15.2 Å². The van der Waals surface area contributed by atoms with E-state index in [1.165, 1.54) is 6.07 Å². The van der Waals surface area contributed by atoms with Gasteiger partial charge in [-0.05, 0) is 19.1 Å². The maximum Gasteiger partial charge on any atom is 0.434 e. The molecular weight excluding hydrogens is 521 g/mol. The standard InChI is InChI=1S/C18H21F4N5S.HI/c1-2-23-17(24-11-16-25-15(12-28-16)18(20,21)22)27-9-7-26(8-10-27)14-6-4-3-5-13(14)19;/h3-6,12H,2,7-11H2,1H3,(H,23,24);1H. The van der Waals surface area contributed by atoms with E-state index in [1.54, 1.807) is 18.2 Å². The summed E-state index contributed by atoms with van der Waals surface area (Å²) in [5.74, 6) is 0.375. The monoisotopic (exact) mass is 543 g/mol. The third-order valence-corrected chi connectivity index (χ3v) is 5.15. The minimum absolute atomic E-state index is 0. The third kappa shape index (κ3) is 6.17. The predicted octanol–water partition coefficient (Wildman–Crippen LogP) is 4.21. The molecule has 1 N–H and O–H groups in total. The van der Waals surface area contributed by atoms with Gasteiger partial charge in [0.05, 0.1) is 12.2 Å². The summed E-state index contributed by atoms with van der Waals surface area (Å²) in [6.45, 7) is 5.16. The van der Waals surface area contributed by atoms with Crippen LogP contribution in [0, 0.1) is 5.82 Å². The molecule has 0 saturated carbocycles. The van der Waals surface area contributed by atoms with Crippen molar-refractivity contribution in [3.63, 3.8) is 0 Å². The highest BCUT2D eigenvalue weighted by molar-refractivity contribution is 14.0. The number of guanidine groups is 1. The Morgan fingerprint density at radius 2 is 1.90 bits per heavy atom. The van der Waals surface area contributed by atoms with Crippen molar-refractivity contribution < 1.29 is 17.6 Å². The molecule has 0 atom stereocenters. The molecule has 29 heavy (non-hydrogen) atoms. The van der Waals surface area contributed by atoms with Gasteiger partial charge < -0.3 is 15.1 Å². The van der Waals surface area contributed by atoms with E-state index in [2.05, 4.69) is 15.3 Å². The number of benzene rings is 1. The molecule has 0 radical (unpaired) electrons. The summed E-state index contributed by atoms with van der Waals surface area (Å²) >= 11 is 0.948. The van der Waals surface area contributed by atoms with Gasteiger partial charge in [0.25, 0.3) is 0 Å². The number of rotatable bonds is 4. The van der Waals surface area contributed by atoms with Crippen LogP contribution >= 0.6 is 35.3 Å². The first kappa shape index (κ1) is 23.6. The lowest BCUT2D eigenvalue weighted by Gasteiger charge is -2.37. The SMILES string of the molecule is CCNC(=NCc1nc(C(F)(F)F)cs1)N1CCN(c2ccccc2F)CC1.I. The Balaban J connectivity index is 0.00000300. The molecule has 11 heteroatoms. The molecule has 0 unspecified atom stereocenters. The highest BCUT2D eigenvalue weighted by atomic mass is 127. The molecule has 2 heterocycles. The number of anilines is 1. The number of hydrogen-bond acceptors (Lipinski definition) is 4. The van der Waals surface area contributed by atoms with Gasteiger partial charge in [-0.1, -0.05) is 12.1 Å². The maximum absolute atomic E-state index is 14.0. The number of aliphatic imine (C=N–C) groups is 1. The van der Waals surface area contributed by atoms with Crippen molar-refractivity contribution in [2.45, 2.75) is 19.6 Å². The second-order valence-electron chi connectivity index (χ2n) is 6.22. The second kappa shape index (κ2) is 10.4. The normalized spacial score (nSPS) is 15.3. The molecule has 0 aliphatic carbocycles. The van der Waals surface area contributed by atoms with E-state index in [1.807, 2.05) is 16.7 Å². The molecule has 1 aliphatic heterocycles. The third-order valence-electron chi connectivity index (χ3n) is 4.31. The fourth-order valence-electron chi connectivity index (χ4n) is 2.95. The summed E-state index contributed by atoms with van der Waals surface area (Å²) in [4.78, 5) is 12.1. The van der Waals surface area contributed by atoms with Crippen LogP contribution in [-0.2, 0) is 12.7 Å². The highest BCUT2D eigenvalue weighted by Gasteiger charge is 2.33. The van der Waals surface area contributed by atoms with Gasteiger partial charge in [0.2, 0.25) is 0 Å². The fourth-order valence-corrected chi connectivity index (χ4v) is 3.67. The Morgan fingerprint density at radius 1 is 1.21 bits per heavy atom. The molecule has 1 aliphatic rings. The predicted molar refractivity (Wildman–Crippen MR) is 118 cm³/mol. The van der Waals surface area contributed by atoms with Crippen molar-refractivity contribution in [1.29, 1.82) is 0 Å². The van der Waals surface area contributed by atoms with Gasteiger partial charge in [-0.3, -0.25) is 0 Å². The van der Waals surface area contributed by atoms with E-state index in [4.69, 9.17) is 0 Å². The van der Waals surface area contributed by atoms with Gasteiger partial charge in [-0.15, -0.1) is 35.3 Å². The zero-order chi connectivity index (χ0) is 20.1. The Labute approximate surface area is 187 Å². The van der Waals surface area contributed by atoms with E-state index in [9.17, 15) is 17.6 Å². The van der Waals surface area contributed by atoms with Crippen LogP contribution in [-0.4, -0.2) is 48.6 Å². The zero-order valence-electron chi connectivity index (χ0n) is 15.7. The quantitative estimate of drug-likeness (QED) is 0.272. The summed E-state index contributed by atoms with van der Waals surface area (Å²) in [5, 5.41) is 4.48. The number of halogens is 5. The van der Waals surface area contributed by atoms with Gasteiger partial charge in [-0.25, -0.2) is 14.4 Å². The van der Waals surface area contributed by atoms with E-state index in [0.29, 0.717) is 49.4 Å². The molecule has 160 valence electrons. The maximum atomic E-state index is 14.0. The summed E-state index contributed by atoms with van der Waals surface area (Å²) in [6, 6.07) is 6.66. The van der Waals surface area contributed by atoms with Gasteiger partial charge >= 0.3 is 6.18 Å². The number of nitrogens with zero attached hydrogens (tertiary/aromatic N) is 4. The average Bonchev–Trinajstić information content (AvgIpc) is 3.15. The Kier molecular flexibility index (Phi) is 8.49. The van der Waals surface area contributed by atoms with E-state index < -0.39 is 11.9 Å². The van der Waals surface area contributed by atoms with Crippen LogP contribution in [0.25, 0.3) is 0 Å². The number of aromatic nitrogens is 1. The van der Waals surface area contributed by atoms with Crippen molar-refractivity contribution >= 4 is 47.0 Å². The molecular formula is C18H22F4IN5S. The van der Waals surface area contributed by atoms with Gasteiger partial charge in [0.1, 0.15) is 10.8 Å². The lowest BCUT2D eigenvalue weighted by Crippen LogP contribution is -2.52. The molecule has 1 aromatic heterocycles. The van der Waals surface area contributed by atoms with Gasteiger partial charge in [-0.2, -0.15) is 13.2 Å². The number of nitrogens with one attached hydrogen (secondary N) is 1.